The summed E-state index contributed by atoms with van der Waals surface area (Å²) in [5.74, 6) is -0.318. The van der Waals surface area contributed by atoms with Gasteiger partial charge in [0.1, 0.15) is 6.07 Å². The number of hydrogen-bond acceptors (Lipinski definition) is 3. The number of anilines is 1. The predicted molar refractivity (Wildman–Crippen MR) is 68.7 cm³/mol. The van der Waals surface area contributed by atoms with Gasteiger partial charge in [-0.25, -0.2) is 4.79 Å². The fourth-order valence-electron chi connectivity index (χ4n) is 2.42. The molecule has 1 atom stereocenters. The van der Waals surface area contributed by atoms with Crippen molar-refractivity contribution >= 4 is 11.7 Å². The number of benzene rings is 1. The Morgan fingerprint density at radius 1 is 1.61 bits per heavy atom. The Morgan fingerprint density at radius 3 is 2.94 bits per heavy atom. The van der Waals surface area contributed by atoms with Crippen molar-refractivity contribution in [3.63, 3.8) is 0 Å². The first-order chi connectivity index (χ1) is 8.65. The Morgan fingerprint density at radius 2 is 2.39 bits per heavy atom. The van der Waals surface area contributed by atoms with Gasteiger partial charge in [-0.15, -0.1) is 0 Å². The summed E-state index contributed by atoms with van der Waals surface area (Å²) >= 11 is 0. The maximum Gasteiger partial charge on any atom is 0.335 e. The molecule has 4 nitrogen and oxygen atoms in total. The zero-order valence-corrected chi connectivity index (χ0v) is 10.4. The molecule has 1 heterocycles. The number of carboxylic acid groups (broad SMARTS) is 1. The van der Waals surface area contributed by atoms with E-state index in [0.717, 1.165) is 31.6 Å². The summed E-state index contributed by atoms with van der Waals surface area (Å²) in [6.45, 7) is 4.07. The highest BCUT2D eigenvalue weighted by atomic mass is 16.4. The van der Waals surface area contributed by atoms with E-state index < -0.39 is 5.97 Å². The van der Waals surface area contributed by atoms with E-state index in [2.05, 4.69) is 17.9 Å². The summed E-state index contributed by atoms with van der Waals surface area (Å²) in [5.41, 5.74) is 1.48. The molecule has 18 heavy (non-hydrogen) atoms. The second-order valence-electron chi connectivity index (χ2n) is 4.66. The van der Waals surface area contributed by atoms with Gasteiger partial charge in [-0.1, -0.05) is 13.3 Å². The lowest BCUT2D eigenvalue weighted by Crippen LogP contribution is -2.20. The van der Waals surface area contributed by atoms with E-state index in [1.54, 1.807) is 12.1 Å². The van der Waals surface area contributed by atoms with Crippen LogP contribution in [-0.2, 0) is 0 Å². The number of rotatable bonds is 3. The molecule has 1 aromatic carbocycles. The third-order valence-corrected chi connectivity index (χ3v) is 3.57. The molecule has 0 saturated carbocycles. The van der Waals surface area contributed by atoms with Crippen molar-refractivity contribution in [2.75, 3.05) is 18.0 Å². The van der Waals surface area contributed by atoms with Crippen molar-refractivity contribution in [2.45, 2.75) is 19.8 Å². The topological polar surface area (TPSA) is 64.3 Å². The minimum Gasteiger partial charge on any atom is -0.478 e. The van der Waals surface area contributed by atoms with Gasteiger partial charge in [0.15, 0.2) is 0 Å². The molecular formula is C14H16N2O2. The molecule has 0 spiro atoms. The average molecular weight is 244 g/mol. The van der Waals surface area contributed by atoms with Gasteiger partial charge < -0.3 is 10.0 Å². The summed E-state index contributed by atoms with van der Waals surface area (Å²) in [5, 5.41) is 18.1. The number of carboxylic acids is 1. The highest BCUT2D eigenvalue weighted by Gasteiger charge is 2.23. The molecule has 94 valence electrons. The van der Waals surface area contributed by atoms with E-state index in [9.17, 15) is 4.79 Å². The number of nitrogens with zero attached hydrogens (tertiary/aromatic N) is 2. The molecule has 1 aliphatic rings. The van der Waals surface area contributed by atoms with E-state index in [1.807, 2.05) is 0 Å². The molecule has 0 amide bonds. The molecule has 1 fully saturated rings. The first-order valence-electron chi connectivity index (χ1n) is 6.18. The standard InChI is InChI=1S/C14H16N2O2/c1-2-10-5-6-16(9-10)13-4-3-11(14(17)18)7-12(13)8-15/h3-4,7,10H,2,5-6,9H2,1H3,(H,17,18). The van der Waals surface area contributed by atoms with Gasteiger partial charge in [-0.05, 0) is 30.5 Å². The van der Waals surface area contributed by atoms with Crippen LogP contribution in [0.2, 0.25) is 0 Å². The van der Waals surface area contributed by atoms with Crippen LogP contribution in [0, 0.1) is 17.2 Å². The first-order valence-corrected chi connectivity index (χ1v) is 6.18. The van der Waals surface area contributed by atoms with E-state index in [-0.39, 0.29) is 5.56 Å². The molecule has 1 aromatic rings. The first kappa shape index (κ1) is 12.4. The van der Waals surface area contributed by atoms with Crippen molar-refractivity contribution in [2.24, 2.45) is 5.92 Å². The van der Waals surface area contributed by atoms with Crippen LogP contribution in [0.15, 0.2) is 18.2 Å². The number of carbonyl (C=O) groups is 1. The molecular weight excluding hydrogens is 228 g/mol. The van der Waals surface area contributed by atoms with Crippen LogP contribution >= 0.6 is 0 Å². The summed E-state index contributed by atoms with van der Waals surface area (Å²) < 4.78 is 0. The van der Waals surface area contributed by atoms with Crippen LogP contribution in [0.1, 0.15) is 35.7 Å². The third kappa shape index (κ3) is 2.30. The van der Waals surface area contributed by atoms with Gasteiger partial charge in [0.05, 0.1) is 16.8 Å². The van der Waals surface area contributed by atoms with Crippen LogP contribution in [0.3, 0.4) is 0 Å². The number of aromatic carboxylic acids is 1. The van der Waals surface area contributed by atoms with Crippen LogP contribution in [0.4, 0.5) is 5.69 Å². The molecule has 1 N–H and O–H groups in total. The largest absolute Gasteiger partial charge is 0.478 e. The van der Waals surface area contributed by atoms with E-state index in [1.165, 1.54) is 6.07 Å². The van der Waals surface area contributed by atoms with Crippen molar-refractivity contribution in [1.29, 1.82) is 5.26 Å². The maximum absolute atomic E-state index is 10.9. The highest BCUT2D eigenvalue weighted by Crippen LogP contribution is 2.28. The van der Waals surface area contributed by atoms with Crippen LogP contribution in [-0.4, -0.2) is 24.2 Å². The zero-order valence-electron chi connectivity index (χ0n) is 10.4. The van der Waals surface area contributed by atoms with Crippen molar-refractivity contribution < 1.29 is 9.90 Å². The Hall–Kier alpha value is -2.02. The second-order valence-corrected chi connectivity index (χ2v) is 4.66. The minimum absolute atomic E-state index is 0.168. The van der Waals surface area contributed by atoms with Gasteiger partial charge in [0.2, 0.25) is 0 Å². The quantitative estimate of drug-likeness (QED) is 0.887. The van der Waals surface area contributed by atoms with Gasteiger partial charge >= 0.3 is 5.97 Å². The molecule has 0 radical (unpaired) electrons. The molecule has 4 heteroatoms. The van der Waals surface area contributed by atoms with Gasteiger partial charge in [-0.2, -0.15) is 5.26 Å². The highest BCUT2D eigenvalue weighted by molar-refractivity contribution is 5.89. The summed E-state index contributed by atoms with van der Waals surface area (Å²) in [7, 11) is 0. The monoisotopic (exact) mass is 244 g/mol. The van der Waals surface area contributed by atoms with Crippen molar-refractivity contribution in [1.82, 2.24) is 0 Å². The van der Waals surface area contributed by atoms with Crippen molar-refractivity contribution in [3.8, 4) is 6.07 Å². The minimum atomic E-state index is -0.995. The number of hydrogen-bond donors (Lipinski definition) is 1. The van der Waals surface area contributed by atoms with Crippen LogP contribution < -0.4 is 4.90 Å². The Balaban J connectivity index is 2.29. The summed E-state index contributed by atoms with van der Waals surface area (Å²) in [4.78, 5) is 13.1. The lowest BCUT2D eigenvalue weighted by Gasteiger charge is -2.20. The molecule has 2 rings (SSSR count). The fourth-order valence-corrected chi connectivity index (χ4v) is 2.42. The lowest BCUT2D eigenvalue weighted by molar-refractivity contribution is 0.0697. The third-order valence-electron chi connectivity index (χ3n) is 3.57. The fraction of sp³-hybridized carbons (Fsp3) is 0.429. The molecule has 1 saturated heterocycles. The molecule has 1 aliphatic heterocycles. The van der Waals surface area contributed by atoms with E-state index in [0.29, 0.717) is 11.5 Å². The van der Waals surface area contributed by atoms with E-state index in [4.69, 9.17) is 10.4 Å². The van der Waals surface area contributed by atoms with Crippen LogP contribution in [0.5, 0.6) is 0 Å². The zero-order chi connectivity index (χ0) is 13.1. The van der Waals surface area contributed by atoms with E-state index >= 15 is 0 Å². The Labute approximate surface area is 106 Å². The Kier molecular flexibility index (Phi) is 3.52. The molecule has 0 bridgehead atoms. The average Bonchev–Trinajstić information content (AvgIpc) is 2.86. The second kappa shape index (κ2) is 5.09. The smallest absolute Gasteiger partial charge is 0.335 e. The Bertz CT molecular complexity index is 505. The van der Waals surface area contributed by atoms with Gasteiger partial charge in [0.25, 0.3) is 0 Å². The van der Waals surface area contributed by atoms with Gasteiger partial charge in [-0.3, -0.25) is 0 Å². The van der Waals surface area contributed by atoms with Gasteiger partial charge in [0, 0.05) is 13.1 Å². The SMILES string of the molecule is CCC1CCN(c2ccc(C(=O)O)cc2C#N)C1. The van der Waals surface area contributed by atoms with Crippen molar-refractivity contribution in [3.05, 3.63) is 29.3 Å². The molecule has 0 aromatic heterocycles. The number of nitriles is 1. The van der Waals surface area contributed by atoms with Crippen LogP contribution in [0.25, 0.3) is 0 Å². The maximum atomic E-state index is 10.9. The molecule has 0 aliphatic carbocycles. The normalized spacial score (nSPS) is 18.7. The molecule has 1 unspecified atom stereocenters. The summed E-state index contributed by atoms with van der Waals surface area (Å²) in [6, 6.07) is 6.87. The summed E-state index contributed by atoms with van der Waals surface area (Å²) in [6.07, 6.45) is 2.29. The predicted octanol–water partition coefficient (Wildman–Crippen LogP) is 2.49. The lowest BCUT2D eigenvalue weighted by atomic mass is 10.1.